The quantitative estimate of drug-likeness (QED) is 0.507. The average molecular weight is 162 g/mol. The molecular weight excluding hydrogens is 144 g/mol. The Balaban J connectivity index is 2.15. The molecule has 0 nitrogen and oxygen atoms in total. The summed E-state index contributed by atoms with van der Waals surface area (Å²) >= 11 is 0. The highest BCUT2D eigenvalue weighted by Crippen LogP contribution is 2.43. The molecule has 0 radical (unpaired) electrons. The highest BCUT2D eigenvalue weighted by molar-refractivity contribution is 5.25. The van der Waals surface area contributed by atoms with Crippen molar-refractivity contribution >= 4 is 0 Å². The third kappa shape index (κ3) is 1.48. The summed E-state index contributed by atoms with van der Waals surface area (Å²) in [4.78, 5) is 0. The Morgan fingerprint density at radius 1 is 1.17 bits per heavy atom. The first-order chi connectivity index (χ1) is 5.81. The van der Waals surface area contributed by atoms with E-state index in [1.807, 2.05) is 0 Å². The molecule has 1 saturated carbocycles. The average Bonchev–Trinajstić information content (AvgIpc) is 2.05. The highest BCUT2D eigenvalue weighted by atomic mass is 14.3. The fourth-order valence-electron chi connectivity index (χ4n) is 2.67. The van der Waals surface area contributed by atoms with Crippen molar-refractivity contribution in [1.29, 1.82) is 0 Å². The van der Waals surface area contributed by atoms with E-state index in [1.165, 1.54) is 44.1 Å². The normalized spacial score (nSPS) is 27.2. The van der Waals surface area contributed by atoms with E-state index in [9.17, 15) is 0 Å². The maximum Gasteiger partial charge on any atom is -0.00780 e. The zero-order chi connectivity index (χ0) is 8.44. The van der Waals surface area contributed by atoms with E-state index in [2.05, 4.69) is 25.2 Å². The van der Waals surface area contributed by atoms with E-state index in [0.29, 0.717) is 5.41 Å². The maximum atomic E-state index is 2.52. The molecule has 0 unspecified atom stereocenters. The molecule has 0 bridgehead atoms. The number of rotatable bonds is 0. The molecule has 1 spiro atoms. The Bertz CT molecular complexity index is 214. The molecule has 0 N–H and O–H groups in total. The smallest absolute Gasteiger partial charge is 0.00780 e. The first-order valence-corrected chi connectivity index (χ1v) is 5.17. The SMILES string of the molecule is CC1=CC2(CC=C1)CCCCC2. The van der Waals surface area contributed by atoms with Crippen LogP contribution in [0.4, 0.5) is 0 Å². The van der Waals surface area contributed by atoms with Crippen molar-refractivity contribution in [2.24, 2.45) is 5.41 Å². The Morgan fingerprint density at radius 3 is 2.58 bits per heavy atom. The molecule has 1 fully saturated rings. The van der Waals surface area contributed by atoms with Crippen LogP contribution in [0.1, 0.15) is 45.4 Å². The fourth-order valence-corrected chi connectivity index (χ4v) is 2.67. The molecule has 0 amide bonds. The second-order valence-corrected chi connectivity index (χ2v) is 4.42. The van der Waals surface area contributed by atoms with Crippen LogP contribution in [0, 0.1) is 5.41 Å². The molecule has 66 valence electrons. The van der Waals surface area contributed by atoms with Gasteiger partial charge in [-0.1, -0.05) is 43.1 Å². The van der Waals surface area contributed by atoms with Crippen molar-refractivity contribution < 1.29 is 0 Å². The van der Waals surface area contributed by atoms with Crippen molar-refractivity contribution in [3.63, 3.8) is 0 Å². The molecule has 0 saturated heterocycles. The van der Waals surface area contributed by atoms with Gasteiger partial charge in [0, 0.05) is 0 Å². The van der Waals surface area contributed by atoms with Crippen LogP contribution in [-0.4, -0.2) is 0 Å². The standard InChI is InChI=1S/C12H18/c1-11-6-5-9-12(10-11)7-3-2-4-8-12/h5-6,10H,2-4,7-9H2,1H3. The number of hydrogen-bond acceptors (Lipinski definition) is 0. The molecule has 0 aromatic heterocycles. The van der Waals surface area contributed by atoms with Gasteiger partial charge in [0.1, 0.15) is 0 Å². The lowest BCUT2D eigenvalue weighted by Gasteiger charge is -2.36. The zero-order valence-corrected chi connectivity index (χ0v) is 7.97. The molecule has 2 aliphatic rings. The second-order valence-electron chi connectivity index (χ2n) is 4.42. The van der Waals surface area contributed by atoms with Crippen LogP contribution in [-0.2, 0) is 0 Å². The van der Waals surface area contributed by atoms with Crippen molar-refractivity contribution in [2.75, 3.05) is 0 Å². The minimum absolute atomic E-state index is 0.580. The van der Waals surface area contributed by atoms with E-state index < -0.39 is 0 Å². The van der Waals surface area contributed by atoms with Gasteiger partial charge >= 0.3 is 0 Å². The topological polar surface area (TPSA) is 0 Å². The third-order valence-electron chi connectivity index (χ3n) is 3.29. The molecule has 0 aromatic carbocycles. The minimum Gasteiger partial charge on any atom is -0.0834 e. The Morgan fingerprint density at radius 2 is 1.92 bits per heavy atom. The lowest BCUT2D eigenvalue weighted by atomic mass is 9.69. The van der Waals surface area contributed by atoms with Gasteiger partial charge in [0.2, 0.25) is 0 Å². The van der Waals surface area contributed by atoms with Crippen LogP contribution in [0.25, 0.3) is 0 Å². The first-order valence-electron chi connectivity index (χ1n) is 5.17. The summed E-state index contributed by atoms with van der Waals surface area (Å²) in [6, 6.07) is 0. The lowest BCUT2D eigenvalue weighted by Crippen LogP contribution is -2.22. The Labute approximate surface area is 75.4 Å². The van der Waals surface area contributed by atoms with Gasteiger partial charge in [-0.3, -0.25) is 0 Å². The zero-order valence-electron chi connectivity index (χ0n) is 7.97. The van der Waals surface area contributed by atoms with E-state index >= 15 is 0 Å². The molecule has 2 aliphatic carbocycles. The fraction of sp³-hybridized carbons (Fsp3) is 0.667. The molecule has 0 atom stereocenters. The molecular formula is C12H18. The Hall–Kier alpha value is -0.520. The summed E-state index contributed by atoms with van der Waals surface area (Å²) in [6.45, 7) is 2.23. The van der Waals surface area contributed by atoms with Crippen LogP contribution in [0.2, 0.25) is 0 Å². The van der Waals surface area contributed by atoms with Crippen LogP contribution in [0.15, 0.2) is 23.8 Å². The first kappa shape index (κ1) is 8.10. The minimum atomic E-state index is 0.580. The van der Waals surface area contributed by atoms with E-state index in [-0.39, 0.29) is 0 Å². The van der Waals surface area contributed by atoms with E-state index in [0.717, 1.165) is 0 Å². The largest absolute Gasteiger partial charge is 0.0834 e. The molecule has 0 aliphatic heterocycles. The van der Waals surface area contributed by atoms with E-state index in [4.69, 9.17) is 0 Å². The predicted octanol–water partition coefficient (Wildman–Crippen LogP) is 3.84. The van der Waals surface area contributed by atoms with Gasteiger partial charge < -0.3 is 0 Å². The van der Waals surface area contributed by atoms with Gasteiger partial charge in [-0.15, -0.1) is 0 Å². The molecule has 0 heterocycles. The van der Waals surface area contributed by atoms with Gasteiger partial charge in [0.05, 0.1) is 0 Å². The van der Waals surface area contributed by atoms with Crippen LogP contribution < -0.4 is 0 Å². The molecule has 0 aromatic rings. The maximum absolute atomic E-state index is 2.52. The van der Waals surface area contributed by atoms with Crippen molar-refractivity contribution in [1.82, 2.24) is 0 Å². The van der Waals surface area contributed by atoms with Gasteiger partial charge in [-0.2, -0.15) is 0 Å². The summed E-state index contributed by atoms with van der Waals surface area (Å²) in [7, 11) is 0. The lowest BCUT2D eigenvalue weighted by molar-refractivity contribution is 0.257. The second kappa shape index (κ2) is 3.08. The third-order valence-corrected chi connectivity index (χ3v) is 3.29. The van der Waals surface area contributed by atoms with Crippen LogP contribution in [0.3, 0.4) is 0 Å². The van der Waals surface area contributed by atoms with Crippen molar-refractivity contribution in [3.8, 4) is 0 Å². The van der Waals surface area contributed by atoms with Crippen LogP contribution >= 0.6 is 0 Å². The van der Waals surface area contributed by atoms with Crippen LogP contribution in [0.5, 0.6) is 0 Å². The highest BCUT2D eigenvalue weighted by Gasteiger charge is 2.29. The van der Waals surface area contributed by atoms with Gasteiger partial charge in [-0.05, 0) is 31.6 Å². The van der Waals surface area contributed by atoms with Gasteiger partial charge in [-0.25, -0.2) is 0 Å². The van der Waals surface area contributed by atoms with Crippen molar-refractivity contribution in [3.05, 3.63) is 23.8 Å². The monoisotopic (exact) mass is 162 g/mol. The van der Waals surface area contributed by atoms with Crippen molar-refractivity contribution in [2.45, 2.75) is 45.4 Å². The molecule has 12 heavy (non-hydrogen) atoms. The summed E-state index contributed by atoms with van der Waals surface area (Å²) in [5.41, 5.74) is 2.06. The predicted molar refractivity (Wildman–Crippen MR) is 53.0 cm³/mol. The number of allylic oxidation sites excluding steroid dienone is 4. The van der Waals surface area contributed by atoms with Gasteiger partial charge in [0.25, 0.3) is 0 Å². The summed E-state index contributed by atoms with van der Waals surface area (Å²) in [6.07, 6.45) is 15.6. The molecule has 2 rings (SSSR count). The number of hydrogen-bond donors (Lipinski definition) is 0. The summed E-state index contributed by atoms with van der Waals surface area (Å²) < 4.78 is 0. The van der Waals surface area contributed by atoms with Gasteiger partial charge in [0.15, 0.2) is 0 Å². The van der Waals surface area contributed by atoms with E-state index in [1.54, 1.807) is 0 Å². The molecule has 0 heteroatoms. The Kier molecular flexibility index (Phi) is 2.08. The summed E-state index contributed by atoms with van der Waals surface area (Å²) in [5, 5.41) is 0. The summed E-state index contributed by atoms with van der Waals surface area (Å²) in [5.74, 6) is 0.